The summed E-state index contributed by atoms with van der Waals surface area (Å²) in [6, 6.07) is 21.7. The van der Waals surface area contributed by atoms with Crippen LogP contribution >= 0.6 is 23.2 Å². The van der Waals surface area contributed by atoms with Crippen LogP contribution in [0, 0.1) is 0 Å². The van der Waals surface area contributed by atoms with Crippen molar-refractivity contribution in [1.82, 2.24) is 14.3 Å². The summed E-state index contributed by atoms with van der Waals surface area (Å²) in [5.41, 5.74) is 3.76. The molecule has 2 aliphatic rings. The zero-order valence-corrected chi connectivity index (χ0v) is 26.7. The van der Waals surface area contributed by atoms with Gasteiger partial charge in [-0.1, -0.05) is 36.2 Å². The number of anilines is 2. The first-order valence-electron chi connectivity index (χ1n) is 15.0. The maximum atomic E-state index is 12.8. The fraction of sp³-hybridized carbons (Fsp3) is 0.394. The first-order valence-corrected chi connectivity index (χ1v) is 15.8. The van der Waals surface area contributed by atoms with Gasteiger partial charge in [-0.05, 0) is 80.9 Å². The van der Waals surface area contributed by atoms with Gasteiger partial charge in [0.05, 0.1) is 23.4 Å². The second-order valence-electron chi connectivity index (χ2n) is 11.4. The van der Waals surface area contributed by atoms with Crippen LogP contribution in [0.5, 0.6) is 5.75 Å². The predicted molar refractivity (Wildman–Crippen MR) is 174 cm³/mol. The molecule has 44 heavy (non-hydrogen) atoms. The lowest BCUT2D eigenvalue weighted by atomic mass is 10.1. The van der Waals surface area contributed by atoms with Crippen molar-refractivity contribution in [2.24, 2.45) is 0 Å². The molecule has 0 aliphatic carbocycles. The maximum Gasteiger partial charge on any atom is 0.350 e. The number of hydrogen-bond acceptors (Lipinski definition) is 7. The van der Waals surface area contributed by atoms with Crippen molar-refractivity contribution >= 4 is 34.6 Å². The predicted octanol–water partition coefficient (Wildman–Crippen LogP) is 6.31. The van der Waals surface area contributed by atoms with Crippen molar-refractivity contribution in [3.63, 3.8) is 0 Å². The van der Waals surface area contributed by atoms with E-state index in [1.807, 2.05) is 51.1 Å². The summed E-state index contributed by atoms with van der Waals surface area (Å²) >= 11 is 12.4. The van der Waals surface area contributed by atoms with Gasteiger partial charge in [-0.25, -0.2) is 14.0 Å². The number of nitrogens with zero attached hydrogens (tertiary/aromatic N) is 5. The number of benzene rings is 3. The van der Waals surface area contributed by atoms with Crippen LogP contribution in [-0.4, -0.2) is 59.8 Å². The van der Waals surface area contributed by atoms with E-state index in [0.717, 1.165) is 61.0 Å². The van der Waals surface area contributed by atoms with Gasteiger partial charge in [0.15, 0.2) is 5.79 Å². The summed E-state index contributed by atoms with van der Waals surface area (Å²) in [5.74, 6) is -0.163. The number of piperazine rings is 1. The molecule has 0 saturated carbocycles. The number of aromatic nitrogens is 3. The average molecular weight is 639 g/mol. The molecule has 6 rings (SSSR count). The molecule has 232 valence electrons. The van der Waals surface area contributed by atoms with E-state index in [1.54, 1.807) is 27.7 Å². The summed E-state index contributed by atoms with van der Waals surface area (Å²) in [6.07, 6.45) is 2.23. The van der Waals surface area contributed by atoms with Crippen LogP contribution < -0.4 is 20.2 Å². The Morgan fingerprint density at radius 1 is 0.955 bits per heavy atom. The molecule has 0 radical (unpaired) electrons. The zero-order valence-electron chi connectivity index (χ0n) is 25.2. The third-order valence-corrected chi connectivity index (χ3v) is 9.02. The second kappa shape index (κ2) is 12.9. The lowest BCUT2D eigenvalue weighted by Gasteiger charge is -2.37. The van der Waals surface area contributed by atoms with Gasteiger partial charge in [0.1, 0.15) is 24.8 Å². The molecule has 11 heteroatoms. The molecule has 3 heterocycles. The molecule has 3 unspecified atom stereocenters. The highest BCUT2D eigenvalue weighted by atomic mass is 35.5. The van der Waals surface area contributed by atoms with Gasteiger partial charge in [-0.2, -0.15) is 5.10 Å². The van der Waals surface area contributed by atoms with E-state index in [2.05, 4.69) is 39.2 Å². The fourth-order valence-corrected chi connectivity index (χ4v) is 6.26. The highest BCUT2D eigenvalue weighted by Crippen LogP contribution is 2.38. The van der Waals surface area contributed by atoms with Gasteiger partial charge < -0.3 is 24.0 Å². The molecule has 0 N–H and O–H groups in total. The average Bonchev–Trinajstić information content (AvgIpc) is 3.62. The number of hydrogen-bond donors (Lipinski definition) is 0. The van der Waals surface area contributed by atoms with Crippen LogP contribution in [0.3, 0.4) is 0 Å². The van der Waals surface area contributed by atoms with E-state index in [-0.39, 0.29) is 17.8 Å². The van der Waals surface area contributed by atoms with E-state index in [1.165, 1.54) is 0 Å². The first-order chi connectivity index (χ1) is 21.2. The zero-order chi connectivity index (χ0) is 30.8. The van der Waals surface area contributed by atoms with Crippen molar-refractivity contribution < 1.29 is 14.2 Å². The normalized spacial score (nSPS) is 21.1. The smallest absolute Gasteiger partial charge is 0.350 e. The lowest BCUT2D eigenvalue weighted by molar-refractivity contribution is -0.164. The molecular weight excluding hydrogens is 601 g/mol. The molecule has 0 bridgehead atoms. The summed E-state index contributed by atoms with van der Waals surface area (Å²) in [6.45, 7) is 10.3. The van der Waals surface area contributed by atoms with Gasteiger partial charge in [0.25, 0.3) is 0 Å². The van der Waals surface area contributed by atoms with E-state index >= 15 is 0 Å². The molecule has 0 amide bonds. The molecule has 3 atom stereocenters. The van der Waals surface area contributed by atoms with Crippen molar-refractivity contribution in [1.29, 1.82) is 0 Å². The molecule has 9 nitrogen and oxygen atoms in total. The quantitative estimate of drug-likeness (QED) is 0.213. The van der Waals surface area contributed by atoms with Crippen LogP contribution in [0.25, 0.3) is 5.69 Å². The van der Waals surface area contributed by atoms with Crippen molar-refractivity contribution in [2.75, 3.05) is 49.2 Å². The minimum atomic E-state index is -0.944. The summed E-state index contributed by atoms with van der Waals surface area (Å²) in [4.78, 5) is 17.5. The maximum absolute atomic E-state index is 12.8. The van der Waals surface area contributed by atoms with Crippen molar-refractivity contribution in [3.05, 3.63) is 99.2 Å². The standard InChI is InChI=1S/C33H37Cl2N5O4/c1-4-23(2)40-32(41)39(22-36-40)27-8-6-25(7-9-27)37-15-17-38(18-16-37)26-10-12-28(13-11-26)42-20-29-21-43-33(3,44-29)30-14-5-24(34)19-31(30)35/h5-14,19,22-23,29H,4,15-18,20-21H2,1-3H3. The molecule has 2 saturated heterocycles. The van der Waals surface area contributed by atoms with Crippen molar-refractivity contribution in [3.8, 4) is 11.4 Å². The largest absolute Gasteiger partial charge is 0.491 e. The topological polar surface area (TPSA) is 74.0 Å². The van der Waals surface area contributed by atoms with E-state index in [4.69, 9.17) is 37.4 Å². The Bertz CT molecular complexity index is 1630. The Labute approximate surface area is 267 Å². The van der Waals surface area contributed by atoms with Gasteiger partial charge in [-0.15, -0.1) is 0 Å². The summed E-state index contributed by atoms with van der Waals surface area (Å²) < 4.78 is 21.3. The Kier molecular flexibility index (Phi) is 8.91. The Morgan fingerprint density at radius 2 is 1.57 bits per heavy atom. The Balaban J connectivity index is 0.991. The molecule has 1 aromatic heterocycles. The number of rotatable bonds is 9. The molecule has 3 aromatic carbocycles. The van der Waals surface area contributed by atoms with Crippen molar-refractivity contribution in [2.45, 2.75) is 45.1 Å². The molecule has 2 fully saturated rings. The monoisotopic (exact) mass is 637 g/mol. The van der Waals surface area contributed by atoms with Crippen LogP contribution in [0.2, 0.25) is 10.0 Å². The second-order valence-corrected chi connectivity index (χ2v) is 12.2. The molecule has 4 aromatic rings. The van der Waals surface area contributed by atoms with Gasteiger partial charge in [-0.3, -0.25) is 0 Å². The van der Waals surface area contributed by atoms with Crippen LogP contribution in [0.4, 0.5) is 11.4 Å². The number of halogens is 2. The Hall–Kier alpha value is -3.50. The molecule has 2 aliphatic heterocycles. The van der Waals surface area contributed by atoms with Crippen LogP contribution in [-0.2, 0) is 15.3 Å². The summed E-state index contributed by atoms with van der Waals surface area (Å²) in [5, 5.41) is 5.37. The fourth-order valence-electron chi connectivity index (χ4n) is 5.68. The SMILES string of the molecule is CCC(C)n1ncn(-c2ccc(N3CCN(c4ccc(OCC5COC(C)(c6ccc(Cl)cc6Cl)O5)cc4)CC3)cc2)c1=O. The Morgan fingerprint density at radius 3 is 2.18 bits per heavy atom. The lowest BCUT2D eigenvalue weighted by Crippen LogP contribution is -2.46. The van der Waals surface area contributed by atoms with E-state index in [0.29, 0.717) is 23.3 Å². The summed E-state index contributed by atoms with van der Waals surface area (Å²) in [7, 11) is 0. The third kappa shape index (κ3) is 6.33. The molecular formula is C33H37Cl2N5O4. The van der Waals surface area contributed by atoms with Gasteiger partial charge in [0, 0.05) is 48.1 Å². The number of ether oxygens (including phenoxy) is 3. The third-order valence-electron chi connectivity index (χ3n) is 8.47. The van der Waals surface area contributed by atoms with E-state index in [9.17, 15) is 4.79 Å². The van der Waals surface area contributed by atoms with Crippen LogP contribution in [0.15, 0.2) is 77.9 Å². The minimum Gasteiger partial charge on any atom is -0.491 e. The highest BCUT2D eigenvalue weighted by Gasteiger charge is 2.40. The van der Waals surface area contributed by atoms with Gasteiger partial charge in [0.2, 0.25) is 0 Å². The van der Waals surface area contributed by atoms with Gasteiger partial charge >= 0.3 is 5.69 Å². The molecule has 0 spiro atoms. The minimum absolute atomic E-state index is 0.0725. The highest BCUT2D eigenvalue weighted by molar-refractivity contribution is 6.35. The first kappa shape index (κ1) is 30.5. The van der Waals surface area contributed by atoms with E-state index < -0.39 is 5.79 Å². The van der Waals surface area contributed by atoms with Crippen LogP contribution in [0.1, 0.15) is 38.8 Å².